The fourth-order valence-electron chi connectivity index (χ4n) is 1.46. The lowest BCUT2D eigenvalue weighted by Gasteiger charge is -2.12. The Morgan fingerprint density at radius 3 is 2.31 bits per heavy atom. The summed E-state index contributed by atoms with van der Waals surface area (Å²) in [6.45, 7) is -0.00357. The van der Waals surface area contributed by atoms with Crippen LogP contribution >= 0.6 is 0 Å². The number of nitrogens with one attached hydrogen (secondary N) is 1. The topological polar surface area (TPSA) is 92.5 Å². The standard InChI is InChI=1S/C10H9N3O3/c11-9(15)6-1-3-7(4-2-6)13-8(14)5-12-10(13)16/h1-4H,5H2,(H2,11,15)(H,12,16). The van der Waals surface area contributed by atoms with E-state index in [2.05, 4.69) is 5.32 Å². The molecule has 1 aliphatic rings. The van der Waals surface area contributed by atoms with Crippen molar-refractivity contribution < 1.29 is 14.4 Å². The molecule has 0 unspecified atom stereocenters. The average molecular weight is 219 g/mol. The van der Waals surface area contributed by atoms with E-state index < -0.39 is 11.9 Å². The predicted octanol–water partition coefficient (Wildman–Crippen LogP) is -0.158. The maximum absolute atomic E-state index is 11.4. The van der Waals surface area contributed by atoms with Crippen LogP contribution in [0.5, 0.6) is 0 Å². The van der Waals surface area contributed by atoms with Crippen LogP contribution in [0.15, 0.2) is 24.3 Å². The number of primary amides is 1. The van der Waals surface area contributed by atoms with Crippen molar-refractivity contribution in [1.29, 1.82) is 0 Å². The minimum absolute atomic E-state index is 0.00357. The Morgan fingerprint density at radius 1 is 1.25 bits per heavy atom. The fourth-order valence-corrected chi connectivity index (χ4v) is 1.46. The van der Waals surface area contributed by atoms with Crippen LogP contribution in [0.3, 0.4) is 0 Å². The van der Waals surface area contributed by atoms with Gasteiger partial charge in [0, 0.05) is 5.56 Å². The summed E-state index contributed by atoms with van der Waals surface area (Å²) < 4.78 is 0. The van der Waals surface area contributed by atoms with Crippen molar-refractivity contribution in [3.8, 4) is 0 Å². The Balaban J connectivity index is 2.31. The Bertz CT molecular complexity index is 451. The van der Waals surface area contributed by atoms with Gasteiger partial charge in [-0.2, -0.15) is 0 Å². The molecule has 82 valence electrons. The van der Waals surface area contributed by atoms with Crippen molar-refractivity contribution in [2.75, 3.05) is 11.4 Å². The predicted molar refractivity (Wildman–Crippen MR) is 55.8 cm³/mol. The normalized spacial score (nSPS) is 15.1. The van der Waals surface area contributed by atoms with Gasteiger partial charge in [0.25, 0.3) is 5.91 Å². The third-order valence-electron chi connectivity index (χ3n) is 2.25. The second kappa shape index (κ2) is 3.65. The molecule has 1 aromatic rings. The third-order valence-corrected chi connectivity index (χ3v) is 2.25. The van der Waals surface area contributed by atoms with Gasteiger partial charge in [-0.3, -0.25) is 9.59 Å². The molecule has 0 spiro atoms. The number of hydrogen-bond acceptors (Lipinski definition) is 3. The number of nitrogens with zero attached hydrogens (tertiary/aromatic N) is 1. The van der Waals surface area contributed by atoms with E-state index in [0.29, 0.717) is 11.3 Å². The number of rotatable bonds is 2. The minimum atomic E-state index is -0.552. The summed E-state index contributed by atoms with van der Waals surface area (Å²) in [5.41, 5.74) is 5.82. The van der Waals surface area contributed by atoms with E-state index in [0.717, 1.165) is 4.90 Å². The van der Waals surface area contributed by atoms with E-state index in [1.807, 2.05) is 0 Å². The first-order valence-electron chi connectivity index (χ1n) is 4.60. The van der Waals surface area contributed by atoms with Crippen LogP contribution in [0.4, 0.5) is 10.5 Å². The summed E-state index contributed by atoms with van der Waals surface area (Å²) in [7, 11) is 0. The second-order valence-electron chi connectivity index (χ2n) is 3.30. The molecule has 3 N–H and O–H groups in total. The van der Waals surface area contributed by atoms with Gasteiger partial charge < -0.3 is 11.1 Å². The van der Waals surface area contributed by atoms with E-state index in [1.54, 1.807) is 0 Å². The first-order valence-corrected chi connectivity index (χ1v) is 4.60. The van der Waals surface area contributed by atoms with Gasteiger partial charge in [0.15, 0.2) is 0 Å². The molecule has 16 heavy (non-hydrogen) atoms. The van der Waals surface area contributed by atoms with Crippen LogP contribution in [0, 0.1) is 0 Å². The molecule has 0 aliphatic carbocycles. The molecule has 6 nitrogen and oxygen atoms in total. The molecule has 0 bridgehead atoms. The molecule has 1 aromatic carbocycles. The third kappa shape index (κ3) is 1.60. The summed E-state index contributed by atoms with van der Waals surface area (Å²) in [6.07, 6.45) is 0. The van der Waals surface area contributed by atoms with Gasteiger partial charge in [0.1, 0.15) is 0 Å². The monoisotopic (exact) mass is 219 g/mol. The quantitative estimate of drug-likeness (QED) is 0.677. The number of imide groups is 1. The van der Waals surface area contributed by atoms with Gasteiger partial charge in [0.05, 0.1) is 12.2 Å². The van der Waals surface area contributed by atoms with Crippen molar-refractivity contribution in [3.05, 3.63) is 29.8 Å². The zero-order chi connectivity index (χ0) is 11.7. The molecule has 0 aromatic heterocycles. The van der Waals surface area contributed by atoms with Gasteiger partial charge in [-0.25, -0.2) is 9.69 Å². The maximum atomic E-state index is 11.4. The lowest BCUT2D eigenvalue weighted by molar-refractivity contribution is -0.115. The number of hydrogen-bond donors (Lipinski definition) is 2. The van der Waals surface area contributed by atoms with Gasteiger partial charge in [-0.15, -0.1) is 0 Å². The molecule has 1 aliphatic heterocycles. The Hall–Kier alpha value is -2.37. The molecule has 0 atom stereocenters. The molecule has 6 heteroatoms. The number of nitrogens with two attached hydrogens (primary N) is 1. The number of benzene rings is 1. The maximum Gasteiger partial charge on any atom is 0.329 e. The highest BCUT2D eigenvalue weighted by atomic mass is 16.2. The van der Waals surface area contributed by atoms with Crippen LogP contribution in [0.1, 0.15) is 10.4 Å². The SMILES string of the molecule is NC(=O)c1ccc(N2C(=O)CNC2=O)cc1. The summed E-state index contributed by atoms with van der Waals surface area (Å²) in [5, 5.41) is 2.40. The number of amides is 4. The summed E-state index contributed by atoms with van der Waals surface area (Å²) in [4.78, 5) is 34.5. The van der Waals surface area contributed by atoms with Crippen LogP contribution < -0.4 is 16.0 Å². The Kier molecular flexibility index (Phi) is 2.32. The van der Waals surface area contributed by atoms with Gasteiger partial charge >= 0.3 is 6.03 Å². The van der Waals surface area contributed by atoms with Gasteiger partial charge in [0.2, 0.25) is 5.91 Å². The minimum Gasteiger partial charge on any atom is -0.366 e. The second-order valence-corrected chi connectivity index (χ2v) is 3.30. The van der Waals surface area contributed by atoms with Gasteiger partial charge in [-0.1, -0.05) is 0 Å². The first-order chi connectivity index (χ1) is 7.59. The number of carbonyl (C=O) groups excluding carboxylic acids is 3. The highest BCUT2D eigenvalue weighted by Gasteiger charge is 2.29. The molecule has 2 rings (SSSR count). The highest BCUT2D eigenvalue weighted by Crippen LogP contribution is 2.17. The van der Waals surface area contributed by atoms with Gasteiger partial charge in [-0.05, 0) is 24.3 Å². The summed E-state index contributed by atoms with van der Waals surface area (Å²) >= 11 is 0. The largest absolute Gasteiger partial charge is 0.366 e. The summed E-state index contributed by atoms with van der Waals surface area (Å²) in [6, 6.07) is 5.48. The van der Waals surface area contributed by atoms with E-state index in [9.17, 15) is 14.4 Å². The van der Waals surface area contributed by atoms with Crippen molar-refractivity contribution >= 4 is 23.5 Å². The Labute approximate surface area is 91.0 Å². The Morgan fingerprint density at radius 2 is 1.88 bits per heavy atom. The molecule has 0 saturated carbocycles. The molecule has 0 radical (unpaired) electrons. The number of carbonyl (C=O) groups is 3. The highest BCUT2D eigenvalue weighted by molar-refractivity contribution is 6.19. The lowest BCUT2D eigenvalue weighted by atomic mass is 10.2. The summed E-state index contributed by atoms with van der Waals surface area (Å²) in [5.74, 6) is -0.874. The lowest BCUT2D eigenvalue weighted by Crippen LogP contribution is -2.30. The van der Waals surface area contributed by atoms with E-state index in [4.69, 9.17) is 5.73 Å². The molecule has 1 saturated heterocycles. The number of urea groups is 1. The van der Waals surface area contributed by atoms with Crippen molar-refractivity contribution in [2.45, 2.75) is 0 Å². The molecule has 1 fully saturated rings. The van der Waals surface area contributed by atoms with E-state index in [1.165, 1.54) is 24.3 Å². The van der Waals surface area contributed by atoms with E-state index in [-0.39, 0.29) is 12.5 Å². The fraction of sp³-hybridized carbons (Fsp3) is 0.100. The molecule has 4 amide bonds. The zero-order valence-electron chi connectivity index (χ0n) is 8.27. The van der Waals surface area contributed by atoms with Crippen molar-refractivity contribution in [1.82, 2.24) is 5.32 Å². The van der Waals surface area contributed by atoms with Crippen LogP contribution in [0.25, 0.3) is 0 Å². The molecule has 1 heterocycles. The van der Waals surface area contributed by atoms with Crippen LogP contribution in [-0.2, 0) is 4.79 Å². The van der Waals surface area contributed by atoms with E-state index >= 15 is 0 Å². The molecular formula is C10H9N3O3. The number of anilines is 1. The first kappa shape index (κ1) is 10.2. The average Bonchev–Trinajstić information content (AvgIpc) is 2.59. The zero-order valence-corrected chi connectivity index (χ0v) is 8.27. The van der Waals surface area contributed by atoms with Crippen molar-refractivity contribution in [3.63, 3.8) is 0 Å². The van der Waals surface area contributed by atoms with Crippen LogP contribution in [0.2, 0.25) is 0 Å². The molecular weight excluding hydrogens is 210 g/mol. The van der Waals surface area contributed by atoms with Crippen LogP contribution in [-0.4, -0.2) is 24.4 Å². The smallest absolute Gasteiger partial charge is 0.329 e. The van der Waals surface area contributed by atoms with Crippen molar-refractivity contribution in [2.24, 2.45) is 5.73 Å².